The maximum absolute atomic E-state index is 12.6. The minimum Gasteiger partial charge on any atom is -0.399 e. The van der Waals surface area contributed by atoms with E-state index < -0.39 is 0 Å². The van der Waals surface area contributed by atoms with Crippen LogP contribution in [-0.2, 0) is 6.54 Å². The number of carbonyl (C=O) groups excluding carboxylic acids is 1. The molecule has 0 unspecified atom stereocenters. The third-order valence-electron chi connectivity index (χ3n) is 3.18. The van der Waals surface area contributed by atoms with Gasteiger partial charge in [-0.25, -0.2) is 0 Å². The van der Waals surface area contributed by atoms with Gasteiger partial charge in [-0.2, -0.15) is 0 Å². The molecule has 2 aromatic rings. The second-order valence-electron chi connectivity index (χ2n) is 4.69. The Labute approximate surface area is 137 Å². The summed E-state index contributed by atoms with van der Waals surface area (Å²) in [4.78, 5) is 14.4. The summed E-state index contributed by atoms with van der Waals surface area (Å²) in [5.41, 5.74) is 7.92. The van der Waals surface area contributed by atoms with Crippen LogP contribution in [0.15, 0.2) is 46.9 Å². The number of rotatable bonds is 4. The number of hydrogen-bond donors (Lipinski definition) is 1. The van der Waals surface area contributed by atoms with Gasteiger partial charge in [-0.1, -0.05) is 39.7 Å². The molecule has 2 rings (SSSR count). The first-order valence-corrected chi connectivity index (χ1v) is 7.77. The molecule has 21 heavy (non-hydrogen) atoms. The van der Waals surface area contributed by atoms with Crippen LogP contribution in [0.1, 0.15) is 22.8 Å². The van der Waals surface area contributed by atoms with Crippen molar-refractivity contribution in [2.24, 2.45) is 0 Å². The summed E-state index contributed by atoms with van der Waals surface area (Å²) >= 11 is 9.50. The Morgan fingerprint density at radius 3 is 2.52 bits per heavy atom. The Morgan fingerprint density at radius 2 is 1.90 bits per heavy atom. The molecule has 110 valence electrons. The number of benzene rings is 2. The quantitative estimate of drug-likeness (QED) is 0.817. The van der Waals surface area contributed by atoms with Gasteiger partial charge in [0, 0.05) is 23.2 Å². The molecule has 0 saturated heterocycles. The number of hydrogen-bond acceptors (Lipinski definition) is 2. The molecule has 2 aromatic carbocycles. The van der Waals surface area contributed by atoms with Gasteiger partial charge in [-0.3, -0.25) is 4.79 Å². The minimum absolute atomic E-state index is 0.0828. The Bertz CT molecular complexity index is 643. The van der Waals surface area contributed by atoms with Crippen molar-refractivity contribution in [1.82, 2.24) is 4.90 Å². The van der Waals surface area contributed by atoms with Gasteiger partial charge in [0.15, 0.2) is 0 Å². The van der Waals surface area contributed by atoms with Crippen LogP contribution in [-0.4, -0.2) is 17.4 Å². The van der Waals surface area contributed by atoms with Crippen LogP contribution in [0.5, 0.6) is 0 Å². The number of amides is 1. The van der Waals surface area contributed by atoms with Crippen LogP contribution < -0.4 is 5.73 Å². The minimum atomic E-state index is -0.0828. The highest BCUT2D eigenvalue weighted by Crippen LogP contribution is 2.23. The van der Waals surface area contributed by atoms with Crippen molar-refractivity contribution in [3.05, 3.63) is 63.1 Å². The summed E-state index contributed by atoms with van der Waals surface area (Å²) in [5, 5.41) is 0.457. The van der Waals surface area contributed by atoms with E-state index in [1.807, 2.05) is 37.3 Å². The molecule has 0 saturated carbocycles. The Morgan fingerprint density at radius 1 is 1.24 bits per heavy atom. The molecule has 3 nitrogen and oxygen atoms in total. The van der Waals surface area contributed by atoms with Crippen molar-refractivity contribution in [2.45, 2.75) is 13.5 Å². The molecule has 0 atom stereocenters. The van der Waals surface area contributed by atoms with E-state index in [-0.39, 0.29) is 5.91 Å². The van der Waals surface area contributed by atoms with E-state index in [9.17, 15) is 4.79 Å². The third kappa shape index (κ3) is 3.99. The maximum Gasteiger partial charge on any atom is 0.255 e. The van der Waals surface area contributed by atoms with Crippen LogP contribution in [0.25, 0.3) is 0 Å². The van der Waals surface area contributed by atoms with E-state index in [2.05, 4.69) is 15.9 Å². The first kappa shape index (κ1) is 15.9. The zero-order chi connectivity index (χ0) is 15.4. The number of halogens is 2. The van der Waals surface area contributed by atoms with Crippen LogP contribution in [0.2, 0.25) is 5.02 Å². The standard InChI is InChI=1S/C16H16BrClN2O/c1-2-20(10-11-3-6-13(19)7-4-11)16(21)14-9-12(17)5-8-15(14)18/h3-9H,2,10,19H2,1H3. The van der Waals surface area contributed by atoms with Gasteiger partial charge in [0.1, 0.15) is 0 Å². The summed E-state index contributed by atoms with van der Waals surface area (Å²) in [6, 6.07) is 12.8. The fraction of sp³-hybridized carbons (Fsp3) is 0.188. The van der Waals surface area contributed by atoms with Crippen LogP contribution in [0, 0.1) is 0 Å². The van der Waals surface area contributed by atoms with Crippen LogP contribution in [0.3, 0.4) is 0 Å². The van der Waals surface area contributed by atoms with E-state index in [1.165, 1.54) is 0 Å². The second kappa shape index (κ2) is 6.96. The third-order valence-corrected chi connectivity index (χ3v) is 4.00. The highest BCUT2D eigenvalue weighted by molar-refractivity contribution is 9.10. The summed E-state index contributed by atoms with van der Waals surface area (Å²) < 4.78 is 0.832. The molecule has 0 aliphatic heterocycles. The van der Waals surface area contributed by atoms with E-state index in [0.717, 1.165) is 10.0 Å². The van der Waals surface area contributed by atoms with Gasteiger partial charge >= 0.3 is 0 Å². The molecule has 0 bridgehead atoms. The fourth-order valence-electron chi connectivity index (χ4n) is 2.00. The largest absolute Gasteiger partial charge is 0.399 e. The molecular formula is C16H16BrClN2O. The average molecular weight is 368 g/mol. The number of nitrogens with two attached hydrogens (primary N) is 1. The summed E-state index contributed by atoms with van der Waals surface area (Å²) in [5.74, 6) is -0.0828. The van der Waals surface area contributed by atoms with Crippen molar-refractivity contribution < 1.29 is 4.79 Å². The van der Waals surface area contributed by atoms with Crippen molar-refractivity contribution in [3.63, 3.8) is 0 Å². The zero-order valence-corrected chi connectivity index (χ0v) is 14.0. The Kier molecular flexibility index (Phi) is 5.26. The lowest BCUT2D eigenvalue weighted by molar-refractivity contribution is 0.0752. The monoisotopic (exact) mass is 366 g/mol. The smallest absolute Gasteiger partial charge is 0.255 e. The lowest BCUT2D eigenvalue weighted by Gasteiger charge is -2.22. The van der Waals surface area contributed by atoms with Gasteiger partial charge in [-0.05, 0) is 42.8 Å². The Hall–Kier alpha value is -1.52. The molecule has 0 spiro atoms. The number of nitrogen functional groups attached to an aromatic ring is 1. The Balaban J connectivity index is 2.22. The molecule has 0 aliphatic rings. The summed E-state index contributed by atoms with van der Waals surface area (Å²) in [6.45, 7) is 3.07. The van der Waals surface area contributed by atoms with Crippen molar-refractivity contribution >= 4 is 39.1 Å². The lowest BCUT2D eigenvalue weighted by Crippen LogP contribution is -2.30. The highest BCUT2D eigenvalue weighted by atomic mass is 79.9. The SMILES string of the molecule is CCN(Cc1ccc(N)cc1)C(=O)c1cc(Br)ccc1Cl. The molecule has 1 amide bonds. The molecule has 0 heterocycles. The highest BCUT2D eigenvalue weighted by Gasteiger charge is 2.17. The van der Waals surface area contributed by atoms with Gasteiger partial charge in [0.05, 0.1) is 10.6 Å². The first-order valence-electron chi connectivity index (χ1n) is 6.60. The van der Waals surface area contributed by atoms with Crippen molar-refractivity contribution in [2.75, 3.05) is 12.3 Å². The molecule has 2 N–H and O–H groups in total. The zero-order valence-electron chi connectivity index (χ0n) is 11.6. The van der Waals surface area contributed by atoms with E-state index in [0.29, 0.717) is 29.4 Å². The van der Waals surface area contributed by atoms with E-state index in [1.54, 1.807) is 17.0 Å². The van der Waals surface area contributed by atoms with Gasteiger partial charge in [0.2, 0.25) is 0 Å². The normalized spacial score (nSPS) is 10.4. The summed E-state index contributed by atoms with van der Waals surface area (Å²) in [7, 11) is 0. The molecule has 0 radical (unpaired) electrons. The number of carbonyl (C=O) groups is 1. The predicted molar refractivity (Wildman–Crippen MR) is 90.4 cm³/mol. The molecule has 0 fully saturated rings. The second-order valence-corrected chi connectivity index (χ2v) is 6.01. The van der Waals surface area contributed by atoms with Crippen LogP contribution >= 0.6 is 27.5 Å². The summed E-state index contributed by atoms with van der Waals surface area (Å²) in [6.07, 6.45) is 0. The van der Waals surface area contributed by atoms with E-state index in [4.69, 9.17) is 17.3 Å². The van der Waals surface area contributed by atoms with Gasteiger partial charge < -0.3 is 10.6 Å². The van der Waals surface area contributed by atoms with Gasteiger partial charge in [0.25, 0.3) is 5.91 Å². The van der Waals surface area contributed by atoms with Crippen LogP contribution in [0.4, 0.5) is 5.69 Å². The molecular weight excluding hydrogens is 352 g/mol. The topological polar surface area (TPSA) is 46.3 Å². The maximum atomic E-state index is 12.6. The average Bonchev–Trinajstić information content (AvgIpc) is 2.48. The molecule has 0 aliphatic carbocycles. The first-order chi connectivity index (χ1) is 10.0. The lowest BCUT2D eigenvalue weighted by atomic mass is 10.1. The number of nitrogens with zero attached hydrogens (tertiary/aromatic N) is 1. The van der Waals surface area contributed by atoms with Crippen molar-refractivity contribution in [3.8, 4) is 0 Å². The van der Waals surface area contributed by atoms with Gasteiger partial charge in [-0.15, -0.1) is 0 Å². The molecule has 5 heteroatoms. The van der Waals surface area contributed by atoms with E-state index >= 15 is 0 Å². The molecule has 0 aromatic heterocycles. The fourth-order valence-corrected chi connectivity index (χ4v) is 2.56. The number of anilines is 1. The van der Waals surface area contributed by atoms with Crippen molar-refractivity contribution in [1.29, 1.82) is 0 Å². The predicted octanol–water partition coefficient (Wildman–Crippen LogP) is 4.35.